The number of rotatable bonds is 4. The van der Waals surface area contributed by atoms with Gasteiger partial charge in [0.05, 0.1) is 11.4 Å². The Kier molecular flexibility index (Phi) is 5.73. The van der Waals surface area contributed by atoms with E-state index >= 15 is 0 Å². The van der Waals surface area contributed by atoms with Crippen LogP contribution in [0.2, 0.25) is 0 Å². The van der Waals surface area contributed by atoms with E-state index in [0.29, 0.717) is 11.0 Å². The van der Waals surface area contributed by atoms with E-state index in [4.69, 9.17) is 0 Å². The fraction of sp³-hybridized carbons (Fsp3) is 0.500. The largest absolute Gasteiger partial charge is 0.324 e. The van der Waals surface area contributed by atoms with Crippen LogP contribution >= 0.6 is 27.7 Å². The number of halogens is 1. The van der Waals surface area contributed by atoms with Crippen LogP contribution in [0.1, 0.15) is 18.4 Å². The molecular formula is C14H19BrN2OS. The third-order valence-electron chi connectivity index (χ3n) is 3.20. The van der Waals surface area contributed by atoms with Gasteiger partial charge in [0.1, 0.15) is 0 Å². The van der Waals surface area contributed by atoms with Crippen molar-refractivity contribution < 1.29 is 4.79 Å². The lowest BCUT2D eigenvalue weighted by atomic mass is 10.2. The van der Waals surface area contributed by atoms with E-state index < -0.39 is 0 Å². The molecule has 3 nitrogen and oxygen atoms in total. The first-order chi connectivity index (χ1) is 9.16. The molecule has 1 fully saturated rings. The highest BCUT2D eigenvalue weighted by molar-refractivity contribution is 9.10. The Morgan fingerprint density at radius 1 is 1.47 bits per heavy atom. The van der Waals surface area contributed by atoms with Gasteiger partial charge >= 0.3 is 0 Å². The summed E-state index contributed by atoms with van der Waals surface area (Å²) in [6.07, 6.45) is 2.32. The molecule has 2 N–H and O–H groups in total. The minimum Gasteiger partial charge on any atom is -0.324 e. The third-order valence-corrected chi connectivity index (χ3v) is 5.63. The molecule has 104 valence electrons. The molecule has 0 aromatic heterocycles. The molecule has 0 atom stereocenters. The summed E-state index contributed by atoms with van der Waals surface area (Å²) in [6, 6.07) is 5.89. The molecule has 0 bridgehead atoms. The van der Waals surface area contributed by atoms with Gasteiger partial charge in [0.2, 0.25) is 5.91 Å². The van der Waals surface area contributed by atoms with Gasteiger partial charge in [-0.2, -0.15) is 0 Å². The maximum Gasteiger partial charge on any atom is 0.234 e. The normalized spacial score (nSPS) is 16.3. The molecule has 0 aliphatic carbocycles. The summed E-state index contributed by atoms with van der Waals surface area (Å²) >= 11 is 5.27. The molecule has 1 heterocycles. The molecular weight excluding hydrogens is 324 g/mol. The van der Waals surface area contributed by atoms with Gasteiger partial charge in [-0.25, -0.2) is 0 Å². The van der Waals surface area contributed by atoms with Gasteiger partial charge in [-0.05, 0) is 60.4 Å². The van der Waals surface area contributed by atoms with Crippen molar-refractivity contribution >= 4 is 39.3 Å². The van der Waals surface area contributed by atoms with Gasteiger partial charge in [-0.3, -0.25) is 4.79 Å². The number of benzene rings is 1. The number of anilines is 1. The molecule has 1 saturated heterocycles. The molecule has 19 heavy (non-hydrogen) atoms. The van der Waals surface area contributed by atoms with E-state index in [1.807, 2.05) is 25.1 Å². The fourth-order valence-electron chi connectivity index (χ4n) is 2.09. The molecule has 1 amide bonds. The molecule has 1 aromatic rings. The Hall–Kier alpha value is -0.520. The van der Waals surface area contributed by atoms with Crippen molar-refractivity contribution in [1.29, 1.82) is 0 Å². The number of carbonyl (C=O) groups excluding carboxylic acids is 1. The number of amides is 1. The first-order valence-electron chi connectivity index (χ1n) is 6.54. The SMILES string of the molecule is Cc1cccc(NC(=O)CSC2CCNCC2)c1Br. The van der Waals surface area contributed by atoms with Gasteiger partial charge < -0.3 is 10.6 Å². The average molecular weight is 343 g/mol. The topological polar surface area (TPSA) is 41.1 Å². The highest BCUT2D eigenvalue weighted by atomic mass is 79.9. The van der Waals surface area contributed by atoms with Crippen LogP contribution in [-0.4, -0.2) is 30.0 Å². The maximum absolute atomic E-state index is 12.0. The van der Waals surface area contributed by atoms with Crippen molar-refractivity contribution in [2.75, 3.05) is 24.2 Å². The van der Waals surface area contributed by atoms with E-state index in [-0.39, 0.29) is 5.91 Å². The fourth-order valence-corrected chi connectivity index (χ4v) is 3.48. The molecule has 0 saturated carbocycles. The van der Waals surface area contributed by atoms with Crippen LogP contribution in [0.5, 0.6) is 0 Å². The third kappa shape index (κ3) is 4.51. The van der Waals surface area contributed by atoms with Crippen molar-refractivity contribution in [3.63, 3.8) is 0 Å². The predicted octanol–water partition coefficient (Wildman–Crippen LogP) is 3.18. The number of thioether (sulfide) groups is 1. The zero-order chi connectivity index (χ0) is 13.7. The zero-order valence-corrected chi connectivity index (χ0v) is 13.4. The number of nitrogens with one attached hydrogen (secondary N) is 2. The monoisotopic (exact) mass is 342 g/mol. The van der Waals surface area contributed by atoms with E-state index in [2.05, 4.69) is 26.6 Å². The number of piperidine rings is 1. The first-order valence-corrected chi connectivity index (χ1v) is 8.38. The van der Waals surface area contributed by atoms with Crippen LogP contribution in [-0.2, 0) is 4.79 Å². The molecule has 1 aromatic carbocycles. The van der Waals surface area contributed by atoms with Crippen molar-refractivity contribution in [2.24, 2.45) is 0 Å². The van der Waals surface area contributed by atoms with Crippen LogP contribution in [0.3, 0.4) is 0 Å². The Labute approximate surface area is 127 Å². The van der Waals surface area contributed by atoms with Crippen LogP contribution in [0.4, 0.5) is 5.69 Å². The van der Waals surface area contributed by atoms with E-state index in [9.17, 15) is 4.79 Å². The number of aryl methyl sites for hydroxylation is 1. The lowest BCUT2D eigenvalue weighted by molar-refractivity contribution is -0.113. The van der Waals surface area contributed by atoms with Crippen LogP contribution < -0.4 is 10.6 Å². The first kappa shape index (κ1) is 14.9. The van der Waals surface area contributed by atoms with Crippen LogP contribution in [0.25, 0.3) is 0 Å². The zero-order valence-electron chi connectivity index (χ0n) is 11.0. The summed E-state index contributed by atoms with van der Waals surface area (Å²) in [6.45, 7) is 4.16. The Balaban J connectivity index is 1.82. The lowest BCUT2D eigenvalue weighted by Gasteiger charge is -2.21. The number of carbonyl (C=O) groups is 1. The standard InChI is InChI=1S/C14H19BrN2OS/c1-10-3-2-4-12(14(10)15)17-13(18)9-19-11-5-7-16-8-6-11/h2-4,11,16H,5-9H2,1H3,(H,17,18). The second-order valence-electron chi connectivity index (χ2n) is 4.74. The minimum atomic E-state index is 0.0785. The Bertz CT molecular complexity index is 447. The van der Waals surface area contributed by atoms with E-state index in [0.717, 1.165) is 41.7 Å². The van der Waals surface area contributed by atoms with Crippen LogP contribution in [0.15, 0.2) is 22.7 Å². The summed E-state index contributed by atoms with van der Waals surface area (Å²) in [7, 11) is 0. The van der Waals surface area contributed by atoms with Crippen molar-refractivity contribution in [1.82, 2.24) is 5.32 Å². The second kappa shape index (κ2) is 7.31. The van der Waals surface area contributed by atoms with Gasteiger partial charge in [0, 0.05) is 9.72 Å². The summed E-state index contributed by atoms with van der Waals surface area (Å²) in [5.41, 5.74) is 1.99. The summed E-state index contributed by atoms with van der Waals surface area (Å²) in [5, 5.41) is 6.92. The number of hydrogen-bond donors (Lipinski definition) is 2. The molecule has 0 spiro atoms. The molecule has 0 radical (unpaired) electrons. The van der Waals surface area contributed by atoms with Crippen LogP contribution in [0, 0.1) is 6.92 Å². The lowest BCUT2D eigenvalue weighted by Crippen LogP contribution is -2.30. The van der Waals surface area contributed by atoms with Gasteiger partial charge in [-0.15, -0.1) is 11.8 Å². The highest BCUT2D eigenvalue weighted by Gasteiger charge is 2.15. The minimum absolute atomic E-state index is 0.0785. The second-order valence-corrected chi connectivity index (χ2v) is 6.83. The molecule has 2 rings (SSSR count). The molecule has 1 aliphatic heterocycles. The van der Waals surface area contributed by atoms with Crippen molar-refractivity contribution in [2.45, 2.75) is 25.0 Å². The molecule has 5 heteroatoms. The van der Waals surface area contributed by atoms with Gasteiger partial charge in [0.15, 0.2) is 0 Å². The molecule has 0 unspecified atom stereocenters. The average Bonchev–Trinajstić information content (AvgIpc) is 2.43. The smallest absolute Gasteiger partial charge is 0.234 e. The maximum atomic E-state index is 12.0. The quantitative estimate of drug-likeness (QED) is 0.882. The Morgan fingerprint density at radius 3 is 2.95 bits per heavy atom. The van der Waals surface area contributed by atoms with Gasteiger partial charge in [0.25, 0.3) is 0 Å². The highest BCUT2D eigenvalue weighted by Crippen LogP contribution is 2.26. The van der Waals surface area contributed by atoms with Gasteiger partial charge in [-0.1, -0.05) is 12.1 Å². The van der Waals surface area contributed by atoms with Crippen molar-refractivity contribution in [3.8, 4) is 0 Å². The van der Waals surface area contributed by atoms with E-state index in [1.165, 1.54) is 0 Å². The summed E-state index contributed by atoms with van der Waals surface area (Å²) < 4.78 is 0.968. The Morgan fingerprint density at radius 2 is 2.21 bits per heavy atom. The van der Waals surface area contributed by atoms with Crippen molar-refractivity contribution in [3.05, 3.63) is 28.2 Å². The number of hydrogen-bond acceptors (Lipinski definition) is 3. The predicted molar refractivity (Wildman–Crippen MR) is 85.9 cm³/mol. The van der Waals surface area contributed by atoms with E-state index in [1.54, 1.807) is 11.8 Å². The summed E-state index contributed by atoms with van der Waals surface area (Å²) in [4.78, 5) is 12.0. The summed E-state index contributed by atoms with van der Waals surface area (Å²) in [5.74, 6) is 0.611. The molecule has 1 aliphatic rings.